The van der Waals surface area contributed by atoms with Crippen molar-refractivity contribution in [2.75, 3.05) is 6.61 Å². The van der Waals surface area contributed by atoms with Crippen molar-refractivity contribution in [1.82, 2.24) is 9.78 Å². The maximum atomic E-state index is 12.7. The summed E-state index contributed by atoms with van der Waals surface area (Å²) in [7, 11) is 0. The normalized spacial score (nSPS) is 11.7. The molecule has 0 saturated heterocycles. The first-order chi connectivity index (χ1) is 11.9. The van der Waals surface area contributed by atoms with Gasteiger partial charge in [-0.05, 0) is 30.7 Å². The maximum absolute atomic E-state index is 12.7. The Kier molecular flexibility index (Phi) is 4.48. The Morgan fingerprint density at radius 1 is 1.12 bits per heavy atom. The summed E-state index contributed by atoms with van der Waals surface area (Å²) >= 11 is 0. The third-order valence-electron chi connectivity index (χ3n) is 3.73. The van der Waals surface area contributed by atoms with Crippen molar-refractivity contribution in [3.8, 4) is 0 Å². The Bertz CT molecular complexity index is 899. The van der Waals surface area contributed by atoms with Crippen LogP contribution in [0.15, 0.2) is 48.5 Å². The zero-order valence-electron chi connectivity index (χ0n) is 13.4. The lowest BCUT2D eigenvalue weighted by Gasteiger charge is -2.09. The lowest BCUT2D eigenvalue weighted by Crippen LogP contribution is -2.14. The molecule has 0 saturated carbocycles. The van der Waals surface area contributed by atoms with Crippen LogP contribution in [-0.2, 0) is 17.5 Å². The fourth-order valence-corrected chi connectivity index (χ4v) is 2.58. The predicted octanol–water partition coefficient (Wildman–Crippen LogP) is 4.28. The number of aromatic nitrogens is 2. The van der Waals surface area contributed by atoms with E-state index < -0.39 is 17.7 Å². The molecule has 0 unspecified atom stereocenters. The van der Waals surface area contributed by atoms with Crippen LogP contribution in [0.2, 0.25) is 0 Å². The average Bonchev–Trinajstić information content (AvgIpc) is 2.92. The monoisotopic (exact) mass is 348 g/mol. The molecule has 1 aromatic heterocycles. The van der Waals surface area contributed by atoms with Gasteiger partial charge in [0.25, 0.3) is 0 Å². The van der Waals surface area contributed by atoms with E-state index in [1.807, 2.05) is 0 Å². The molecule has 3 aromatic rings. The Morgan fingerprint density at radius 3 is 2.44 bits per heavy atom. The summed E-state index contributed by atoms with van der Waals surface area (Å²) in [5, 5.41) is 5.02. The van der Waals surface area contributed by atoms with Crippen LogP contribution < -0.4 is 0 Å². The highest BCUT2D eigenvalue weighted by atomic mass is 19.4. The number of alkyl halides is 3. The van der Waals surface area contributed by atoms with Gasteiger partial charge in [-0.25, -0.2) is 4.79 Å². The molecule has 0 amide bonds. The number of halogens is 3. The van der Waals surface area contributed by atoms with Crippen LogP contribution in [0, 0.1) is 0 Å². The number of fused-ring (bicyclic) bond motifs is 1. The number of hydrogen-bond acceptors (Lipinski definition) is 3. The number of esters is 1. The fourth-order valence-electron chi connectivity index (χ4n) is 2.58. The molecule has 25 heavy (non-hydrogen) atoms. The lowest BCUT2D eigenvalue weighted by atomic mass is 10.1. The molecule has 3 rings (SSSR count). The number of hydrogen-bond donors (Lipinski definition) is 0. The van der Waals surface area contributed by atoms with E-state index in [1.165, 1.54) is 16.8 Å². The molecular weight excluding hydrogens is 333 g/mol. The molecule has 0 atom stereocenters. The Hall–Kier alpha value is -2.83. The molecule has 0 aliphatic heterocycles. The van der Waals surface area contributed by atoms with Gasteiger partial charge in [0, 0.05) is 5.39 Å². The molecule has 1 heterocycles. The van der Waals surface area contributed by atoms with Crippen molar-refractivity contribution in [3.63, 3.8) is 0 Å². The summed E-state index contributed by atoms with van der Waals surface area (Å²) in [4.78, 5) is 12.3. The topological polar surface area (TPSA) is 44.1 Å². The summed E-state index contributed by atoms with van der Waals surface area (Å²) < 4.78 is 44.5. The van der Waals surface area contributed by atoms with E-state index in [4.69, 9.17) is 4.74 Å². The van der Waals surface area contributed by atoms with E-state index in [0.29, 0.717) is 16.5 Å². The van der Waals surface area contributed by atoms with Crippen molar-refractivity contribution < 1.29 is 22.7 Å². The molecule has 0 bridgehead atoms. The summed E-state index contributed by atoms with van der Waals surface area (Å²) in [6.07, 6.45) is -4.38. The quantitative estimate of drug-likeness (QED) is 0.661. The molecule has 130 valence electrons. The highest BCUT2D eigenvalue weighted by Gasteiger charge is 2.30. The first-order valence-electron chi connectivity index (χ1n) is 7.69. The number of rotatable bonds is 4. The molecule has 0 spiro atoms. The first-order valence-corrected chi connectivity index (χ1v) is 7.69. The van der Waals surface area contributed by atoms with Gasteiger partial charge in [-0.2, -0.15) is 18.3 Å². The zero-order chi connectivity index (χ0) is 18.0. The van der Waals surface area contributed by atoms with Gasteiger partial charge in [0.1, 0.15) is 0 Å². The van der Waals surface area contributed by atoms with Crippen LogP contribution >= 0.6 is 0 Å². The standard InChI is InChI=1S/C18H15F3N2O2/c1-2-25-17(24)16-14-5-3-4-6-15(14)22-23(16)11-12-7-9-13(10-8-12)18(19,20)21/h3-10H,2,11H2,1H3. The smallest absolute Gasteiger partial charge is 0.416 e. The summed E-state index contributed by atoms with van der Waals surface area (Å²) in [6.45, 7) is 2.09. The predicted molar refractivity (Wildman–Crippen MR) is 86.2 cm³/mol. The van der Waals surface area contributed by atoms with Crippen molar-refractivity contribution in [3.05, 3.63) is 65.4 Å². The lowest BCUT2D eigenvalue weighted by molar-refractivity contribution is -0.137. The third-order valence-corrected chi connectivity index (χ3v) is 3.73. The van der Waals surface area contributed by atoms with E-state index >= 15 is 0 Å². The van der Waals surface area contributed by atoms with Gasteiger partial charge in [-0.1, -0.05) is 30.3 Å². The van der Waals surface area contributed by atoms with Gasteiger partial charge in [-0.15, -0.1) is 0 Å². The molecule has 0 aliphatic rings. The summed E-state index contributed by atoms with van der Waals surface area (Å²) in [6, 6.07) is 11.9. The van der Waals surface area contributed by atoms with Crippen LogP contribution in [0.3, 0.4) is 0 Å². The molecule has 0 aliphatic carbocycles. The van der Waals surface area contributed by atoms with Crippen LogP contribution in [0.1, 0.15) is 28.5 Å². The van der Waals surface area contributed by atoms with Crippen LogP contribution in [0.4, 0.5) is 13.2 Å². The second-order valence-corrected chi connectivity index (χ2v) is 5.44. The summed E-state index contributed by atoms with van der Waals surface area (Å²) in [5.41, 5.74) is 0.800. The number of carbonyl (C=O) groups is 1. The minimum absolute atomic E-state index is 0.168. The van der Waals surface area contributed by atoms with Gasteiger partial charge < -0.3 is 4.74 Å². The van der Waals surface area contributed by atoms with Gasteiger partial charge in [0.05, 0.1) is 24.2 Å². The molecule has 2 aromatic carbocycles. The van der Waals surface area contributed by atoms with Crippen molar-refractivity contribution in [2.24, 2.45) is 0 Å². The van der Waals surface area contributed by atoms with E-state index in [2.05, 4.69) is 5.10 Å². The Morgan fingerprint density at radius 2 is 1.80 bits per heavy atom. The van der Waals surface area contributed by atoms with Gasteiger partial charge in [0.15, 0.2) is 5.69 Å². The molecular formula is C18H15F3N2O2. The fraction of sp³-hybridized carbons (Fsp3) is 0.222. The van der Waals surface area contributed by atoms with Gasteiger partial charge in [-0.3, -0.25) is 4.68 Å². The van der Waals surface area contributed by atoms with Crippen LogP contribution in [0.25, 0.3) is 10.9 Å². The Balaban J connectivity index is 1.98. The van der Waals surface area contributed by atoms with Crippen molar-refractivity contribution in [1.29, 1.82) is 0 Å². The third kappa shape index (κ3) is 3.50. The highest BCUT2D eigenvalue weighted by molar-refractivity contribution is 6.02. The van der Waals surface area contributed by atoms with Crippen molar-refractivity contribution in [2.45, 2.75) is 19.6 Å². The molecule has 0 N–H and O–H groups in total. The number of ether oxygens (including phenoxy) is 1. The molecule has 0 radical (unpaired) electrons. The van der Waals surface area contributed by atoms with Gasteiger partial charge in [0.2, 0.25) is 0 Å². The minimum atomic E-state index is -4.38. The number of nitrogens with zero attached hydrogens (tertiary/aromatic N) is 2. The molecule has 7 heteroatoms. The van der Waals surface area contributed by atoms with Crippen molar-refractivity contribution >= 4 is 16.9 Å². The molecule has 4 nitrogen and oxygen atoms in total. The van der Waals surface area contributed by atoms with Crippen LogP contribution in [-0.4, -0.2) is 22.4 Å². The Labute approximate surface area is 141 Å². The minimum Gasteiger partial charge on any atom is -0.461 e. The van der Waals surface area contributed by atoms with E-state index in [9.17, 15) is 18.0 Å². The average molecular weight is 348 g/mol. The van der Waals surface area contributed by atoms with E-state index in [1.54, 1.807) is 31.2 Å². The first kappa shape index (κ1) is 17.0. The number of benzene rings is 2. The van der Waals surface area contributed by atoms with E-state index in [0.717, 1.165) is 12.1 Å². The number of carbonyl (C=O) groups excluding carboxylic acids is 1. The maximum Gasteiger partial charge on any atom is 0.416 e. The SMILES string of the molecule is CCOC(=O)c1c2ccccc2nn1Cc1ccc(C(F)(F)F)cc1. The second kappa shape index (κ2) is 6.58. The largest absolute Gasteiger partial charge is 0.461 e. The van der Waals surface area contributed by atoms with E-state index in [-0.39, 0.29) is 18.8 Å². The molecule has 0 fully saturated rings. The second-order valence-electron chi connectivity index (χ2n) is 5.44. The van der Waals surface area contributed by atoms with Crippen LogP contribution in [0.5, 0.6) is 0 Å². The van der Waals surface area contributed by atoms with Gasteiger partial charge >= 0.3 is 12.1 Å². The highest BCUT2D eigenvalue weighted by Crippen LogP contribution is 2.29. The zero-order valence-corrected chi connectivity index (χ0v) is 13.4. The summed E-state index contributed by atoms with van der Waals surface area (Å²) in [5.74, 6) is -0.511.